The molecule has 0 aliphatic carbocycles. The molecule has 0 radical (unpaired) electrons. The average Bonchev–Trinajstić information content (AvgIpc) is 2.38. The van der Waals surface area contributed by atoms with Crippen molar-refractivity contribution in [3.8, 4) is 0 Å². The lowest BCUT2D eigenvalue weighted by Crippen LogP contribution is -2.49. The number of amides is 2. The Balaban J connectivity index is 2.76. The number of anilines is 1. The topological polar surface area (TPSA) is 61.4 Å². The van der Waals surface area contributed by atoms with Crippen LogP contribution in [0.2, 0.25) is 0 Å². The number of benzene rings is 1. The molecular weight excluding hydrogens is 254 g/mol. The van der Waals surface area contributed by atoms with Gasteiger partial charge in [-0.05, 0) is 44.7 Å². The van der Waals surface area contributed by atoms with Crippen LogP contribution in [-0.4, -0.2) is 42.9 Å². The molecule has 110 valence electrons. The highest BCUT2D eigenvalue weighted by atomic mass is 16.2. The Kier molecular flexibility index (Phi) is 5.27. The normalized spacial score (nSPS) is 11.1. The summed E-state index contributed by atoms with van der Waals surface area (Å²) in [5.41, 5.74) is 0.641. The molecule has 1 rings (SSSR count). The monoisotopic (exact) mass is 277 g/mol. The molecule has 0 saturated heterocycles. The minimum atomic E-state index is -0.632. The van der Waals surface area contributed by atoms with Crippen LogP contribution in [-0.2, 0) is 4.79 Å². The predicted octanol–water partition coefficient (Wildman–Crippen LogP) is 1.71. The van der Waals surface area contributed by atoms with Crippen molar-refractivity contribution in [2.45, 2.75) is 26.3 Å². The molecule has 2 amide bonds. The highest BCUT2D eigenvalue weighted by Gasteiger charge is 2.26. The molecule has 20 heavy (non-hydrogen) atoms. The molecule has 0 saturated carbocycles. The van der Waals surface area contributed by atoms with Crippen molar-refractivity contribution < 1.29 is 9.59 Å². The lowest BCUT2D eigenvalue weighted by atomic mass is 10.0. The molecule has 0 bridgehead atoms. The molecule has 0 atom stereocenters. The highest BCUT2D eigenvalue weighted by Crippen LogP contribution is 2.13. The quantitative estimate of drug-likeness (QED) is 0.861. The van der Waals surface area contributed by atoms with Crippen LogP contribution >= 0.6 is 0 Å². The van der Waals surface area contributed by atoms with Gasteiger partial charge in [-0.1, -0.05) is 6.92 Å². The summed E-state index contributed by atoms with van der Waals surface area (Å²) in [5, 5.41) is 5.95. The van der Waals surface area contributed by atoms with E-state index in [0.717, 1.165) is 6.54 Å². The van der Waals surface area contributed by atoms with E-state index in [0.29, 0.717) is 11.3 Å². The Morgan fingerprint density at radius 1 is 1.15 bits per heavy atom. The van der Waals surface area contributed by atoms with Gasteiger partial charge in [0.2, 0.25) is 5.91 Å². The smallest absolute Gasteiger partial charge is 0.253 e. The van der Waals surface area contributed by atoms with E-state index in [4.69, 9.17) is 0 Å². The standard InChI is InChI=1S/C15H23N3O2/c1-6-16-15(2,3)14(20)17-12-9-7-11(8-10-12)13(19)18(4)5/h7-10,16H,6H2,1-5H3,(H,17,20). The first-order chi connectivity index (χ1) is 9.27. The molecule has 0 spiro atoms. The maximum absolute atomic E-state index is 12.1. The number of rotatable bonds is 5. The van der Waals surface area contributed by atoms with E-state index in [9.17, 15) is 9.59 Å². The Labute approximate surface area is 120 Å². The van der Waals surface area contributed by atoms with Crippen LogP contribution in [0.1, 0.15) is 31.1 Å². The van der Waals surface area contributed by atoms with E-state index < -0.39 is 5.54 Å². The summed E-state index contributed by atoms with van der Waals surface area (Å²) in [4.78, 5) is 25.4. The zero-order chi connectivity index (χ0) is 15.3. The summed E-state index contributed by atoms with van der Waals surface area (Å²) in [6.45, 7) is 6.33. The predicted molar refractivity (Wildman–Crippen MR) is 80.8 cm³/mol. The molecule has 0 heterocycles. The van der Waals surface area contributed by atoms with Gasteiger partial charge in [0.25, 0.3) is 5.91 Å². The summed E-state index contributed by atoms with van der Waals surface area (Å²) in [6.07, 6.45) is 0. The zero-order valence-corrected chi connectivity index (χ0v) is 12.8. The molecule has 5 nitrogen and oxygen atoms in total. The van der Waals surface area contributed by atoms with E-state index >= 15 is 0 Å². The minimum absolute atomic E-state index is 0.0594. The first kappa shape index (κ1) is 16.2. The van der Waals surface area contributed by atoms with Crippen molar-refractivity contribution in [2.24, 2.45) is 0 Å². The second-order valence-electron chi connectivity index (χ2n) is 5.39. The lowest BCUT2D eigenvalue weighted by molar-refractivity contribution is -0.121. The van der Waals surface area contributed by atoms with Crippen molar-refractivity contribution in [1.29, 1.82) is 0 Å². The van der Waals surface area contributed by atoms with Crippen molar-refractivity contribution in [2.75, 3.05) is 26.0 Å². The van der Waals surface area contributed by atoms with Crippen LogP contribution in [0.4, 0.5) is 5.69 Å². The first-order valence-electron chi connectivity index (χ1n) is 6.66. The van der Waals surface area contributed by atoms with Crippen LogP contribution in [0.5, 0.6) is 0 Å². The minimum Gasteiger partial charge on any atom is -0.345 e. The number of hydrogen-bond donors (Lipinski definition) is 2. The maximum atomic E-state index is 12.1. The van der Waals surface area contributed by atoms with Gasteiger partial charge < -0.3 is 15.5 Å². The Morgan fingerprint density at radius 2 is 1.70 bits per heavy atom. The fraction of sp³-hybridized carbons (Fsp3) is 0.467. The second-order valence-corrected chi connectivity index (χ2v) is 5.39. The van der Waals surface area contributed by atoms with Gasteiger partial charge in [0.05, 0.1) is 5.54 Å². The zero-order valence-electron chi connectivity index (χ0n) is 12.8. The van der Waals surface area contributed by atoms with Crippen LogP contribution < -0.4 is 10.6 Å². The summed E-state index contributed by atoms with van der Waals surface area (Å²) in [7, 11) is 3.41. The molecule has 1 aromatic carbocycles. The van der Waals surface area contributed by atoms with Crippen molar-refractivity contribution in [3.05, 3.63) is 29.8 Å². The van der Waals surface area contributed by atoms with Crippen LogP contribution in [0.3, 0.4) is 0 Å². The number of nitrogens with one attached hydrogen (secondary N) is 2. The summed E-state index contributed by atoms with van der Waals surface area (Å²) < 4.78 is 0. The van der Waals surface area contributed by atoms with E-state index in [2.05, 4.69) is 10.6 Å². The molecule has 0 aliphatic heterocycles. The molecule has 0 aromatic heterocycles. The van der Waals surface area contributed by atoms with Gasteiger partial charge in [0.1, 0.15) is 0 Å². The van der Waals surface area contributed by atoms with Gasteiger partial charge >= 0.3 is 0 Å². The Morgan fingerprint density at radius 3 is 2.15 bits per heavy atom. The van der Waals surface area contributed by atoms with Crippen molar-refractivity contribution in [3.63, 3.8) is 0 Å². The fourth-order valence-corrected chi connectivity index (χ4v) is 1.76. The number of carbonyl (C=O) groups excluding carboxylic acids is 2. The molecular formula is C15H23N3O2. The van der Waals surface area contributed by atoms with E-state index in [-0.39, 0.29) is 11.8 Å². The van der Waals surface area contributed by atoms with Crippen molar-refractivity contribution >= 4 is 17.5 Å². The molecule has 1 aromatic rings. The molecule has 0 aliphatic rings. The van der Waals surface area contributed by atoms with Gasteiger partial charge in [-0.15, -0.1) is 0 Å². The number of hydrogen-bond acceptors (Lipinski definition) is 3. The number of carbonyl (C=O) groups is 2. The molecule has 0 fully saturated rings. The first-order valence-corrected chi connectivity index (χ1v) is 6.66. The van der Waals surface area contributed by atoms with E-state index in [1.165, 1.54) is 4.90 Å². The average molecular weight is 277 g/mol. The summed E-state index contributed by atoms with van der Waals surface area (Å²) in [6, 6.07) is 6.88. The van der Waals surface area contributed by atoms with Crippen LogP contribution in [0.15, 0.2) is 24.3 Å². The van der Waals surface area contributed by atoms with E-state index in [1.807, 2.05) is 20.8 Å². The van der Waals surface area contributed by atoms with Crippen LogP contribution in [0, 0.1) is 0 Å². The van der Waals surface area contributed by atoms with Gasteiger partial charge in [-0.2, -0.15) is 0 Å². The third kappa shape index (κ3) is 4.06. The largest absolute Gasteiger partial charge is 0.345 e. The third-order valence-electron chi connectivity index (χ3n) is 2.98. The van der Waals surface area contributed by atoms with Crippen molar-refractivity contribution in [1.82, 2.24) is 10.2 Å². The van der Waals surface area contributed by atoms with E-state index in [1.54, 1.807) is 38.4 Å². The summed E-state index contributed by atoms with van der Waals surface area (Å²) in [5.74, 6) is -0.165. The second kappa shape index (κ2) is 6.52. The third-order valence-corrected chi connectivity index (χ3v) is 2.98. The van der Waals surface area contributed by atoms with Crippen LogP contribution in [0.25, 0.3) is 0 Å². The lowest BCUT2D eigenvalue weighted by Gasteiger charge is -2.24. The van der Waals surface area contributed by atoms with Gasteiger partial charge in [0.15, 0.2) is 0 Å². The number of nitrogens with zero attached hydrogens (tertiary/aromatic N) is 1. The van der Waals surface area contributed by atoms with Gasteiger partial charge in [-0.25, -0.2) is 0 Å². The molecule has 5 heteroatoms. The fourth-order valence-electron chi connectivity index (χ4n) is 1.76. The highest BCUT2D eigenvalue weighted by molar-refractivity contribution is 5.98. The van der Waals surface area contributed by atoms with Gasteiger partial charge in [-0.3, -0.25) is 9.59 Å². The summed E-state index contributed by atoms with van der Waals surface area (Å²) >= 11 is 0. The van der Waals surface area contributed by atoms with Gasteiger partial charge in [0, 0.05) is 25.3 Å². The maximum Gasteiger partial charge on any atom is 0.253 e. The SMILES string of the molecule is CCNC(C)(C)C(=O)Nc1ccc(C(=O)N(C)C)cc1. The molecule has 2 N–H and O–H groups in total. The number of likely N-dealkylation sites (N-methyl/N-ethyl adjacent to an activating group) is 1. The Bertz CT molecular complexity index is 478. The Hall–Kier alpha value is -1.88. The molecule has 0 unspecified atom stereocenters.